The molecule has 0 aliphatic rings. The molecular formula is C15H17N3O2S. The van der Waals surface area contributed by atoms with E-state index in [1.807, 2.05) is 17.5 Å². The molecule has 0 saturated heterocycles. The quantitative estimate of drug-likeness (QED) is 0.764. The molecule has 1 aromatic carbocycles. The summed E-state index contributed by atoms with van der Waals surface area (Å²) in [6.07, 6.45) is 0.868. The number of primary amides is 2. The normalized spacial score (nSPS) is 11.9. The molecule has 0 fully saturated rings. The van der Waals surface area contributed by atoms with Crippen LogP contribution in [0.15, 0.2) is 35.7 Å². The van der Waals surface area contributed by atoms with Gasteiger partial charge in [-0.15, -0.1) is 11.3 Å². The van der Waals surface area contributed by atoms with E-state index in [0.29, 0.717) is 5.69 Å². The molecule has 0 spiro atoms. The van der Waals surface area contributed by atoms with Crippen LogP contribution >= 0.6 is 11.3 Å². The molecule has 21 heavy (non-hydrogen) atoms. The highest BCUT2D eigenvalue weighted by Gasteiger charge is 2.13. The largest absolute Gasteiger partial charge is 0.377 e. The SMILES string of the molecule is CCC(Nc1cc(C(N)=O)cc(C(N)=O)c1)c1cccs1. The summed E-state index contributed by atoms with van der Waals surface area (Å²) in [4.78, 5) is 23.9. The summed E-state index contributed by atoms with van der Waals surface area (Å²) in [5.74, 6) is -1.18. The molecule has 0 aliphatic heterocycles. The van der Waals surface area contributed by atoms with Crippen molar-refractivity contribution in [2.24, 2.45) is 11.5 Å². The van der Waals surface area contributed by atoms with Gasteiger partial charge in [0.15, 0.2) is 0 Å². The summed E-state index contributed by atoms with van der Waals surface area (Å²) >= 11 is 1.65. The lowest BCUT2D eigenvalue weighted by Gasteiger charge is -2.18. The number of rotatable bonds is 6. The Hall–Kier alpha value is -2.34. The monoisotopic (exact) mass is 303 g/mol. The van der Waals surface area contributed by atoms with Crippen molar-refractivity contribution in [3.63, 3.8) is 0 Å². The van der Waals surface area contributed by atoms with Gasteiger partial charge in [-0.05, 0) is 36.1 Å². The molecule has 110 valence electrons. The number of hydrogen-bond acceptors (Lipinski definition) is 4. The Balaban J connectivity index is 2.34. The molecule has 0 radical (unpaired) electrons. The number of anilines is 1. The first-order chi connectivity index (χ1) is 10.0. The Morgan fingerprint density at radius 1 is 1.19 bits per heavy atom. The lowest BCUT2D eigenvalue weighted by Crippen LogP contribution is -2.17. The van der Waals surface area contributed by atoms with E-state index in [9.17, 15) is 9.59 Å². The van der Waals surface area contributed by atoms with Gasteiger partial charge < -0.3 is 16.8 Å². The zero-order chi connectivity index (χ0) is 15.4. The van der Waals surface area contributed by atoms with Gasteiger partial charge in [-0.1, -0.05) is 13.0 Å². The van der Waals surface area contributed by atoms with E-state index in [1.165, 1.54) is 10.9 Å². The van der Waals surface area contributed by atoms with Gasteiger partial charge in [0.2, 0.25) is 11.8 Å². The zero-order valence-corrected chi connectivity index (χ0v) is 12.4. The van der Waals surface area contributed by atoms with Gasteiger partial charge in [-0.3, -0.25) is 9.59 Å². The minimum Gasteiger partial charge on any atom is -0.377 e. The summed E-state index contributed by atoms with van der Waals surface area (Å²) in [5, 5.41) is 5.32. The number of benzene rings is 1. The van der Waals surface area contributed by atoms with Crippen LogP contribution in [0.2, 0.25) is 0 Å². The Labute approximate surface area is 127 Å². The van der Waals surface area contributed by atoms with Crippen molar-refractivity contribution in [3.05, 3.63) is 51.7 Å². The molecule has 1 heterocycles. The highest BCUT2D eigenvalue weighted by molar-refractivity contribution is 7.10. The molecule has 0 saturated carbocycles. The molecule has 5 nitrogen and oxygen atoms in total. The van der Waals surface area contributed by atoms with Crippen LogP contribution in [-0.4, -0.2) is 11.8 Å². The van der Waals surface area contributed by atoms with Gasteiger partial charge >= 0.3 is 0 Å². The molecule has 0 bridgehead atoms. The average Bonchev–Trinajstić information content (AvgIpc) is 2.98. The second kappa shape index (κ2) is 6.41. The fourth-order valence-electron chi connectivity index (χ4n) is 2.06. The van der Waals surface area contributed by atoms with Crippen LogP contribution in [0.1, 0.15) is 45.0 Å². The predicted molar refractivity (Wildman–Crippen MR) is 84.5 cm³/mol. The smallest absolute Gasteiger partial charge is 0.248 e. The Bertz CT molecular complexity index is 621. The van der Waals surface area contributed by atoms with E-state index in [4.69, 9.17) is 11.5 Å². The van der Waals surface area contributed by atoms with Crippen molar-refractivity contribution in [3.8, 4) is 0 Å². The standard InChI is InChI=1S/C15H17N3O2S/c1-2-12(13-4-3-5-21-13)18-11-7-9(14(16)19)6-10(8-11)15(17)20/h3-8,12,18H,2H2,1H3,(H2,16,19)(H2,17,20). The first-order valence-electron chi connectivity index (χ1n) is 6.56. The number of thiophene rings is 1. The second-order valence-electron chi connectivity index (χ2n) is 4.65. The molecule has 1 unspecified atom stereocenters. The summed E-state index contributed by atoms with van der Waals surface area (Å²) in [6, 6.07) is 8.80. The topological polar surface area (TPSA) is 98.2 Å². The van der Waals surface area contributed by atoms with Gasteiger partial charge in [0.1, 0.15) is 0 Å². The van der Waals surface area contributed by atoms with Gasteiger partial charge in [0.05, 0.1) is 6.04 Å². The maximum absolute atomic E-state index is 11.4. The van der Waals surface area contributed by atoms with Crippen molar-refractivity contribution < 1.29 is 9.59 Å². The molecule has 6 heteroatoms. The number of carbonyl (C=O) groups is 2. The van der Waals surface area contributed by atoms with Crippen LogP contribution < -0.4 is 16.8 Å². The van der Waals surface area contributed by atoms with Crippen molar-refractivity contribution in [2.75, 3.05) is 5.32 Å². The average molecular weight is 303 g/mol. The maximum atomic E-state index is 11.4. The number of nitrogens with one attached hydrogen (secondary N) is 1. The minimum absolute atomic E-state index is 0.105. The first kappa shape index (κ1) is 15.1. The Morgan fingerprint density at radius 3 is 2.24 bits per heavy atom. The molecule has 2 amide bonds. The molecular weight excluding hydrogens is 286 g/mol. The maximum Gasteiger partial charge on any atom is 0.248 e. The van der Waals surface area contributed by atoms with Gasteiger partial charge in [0, 0.05) is 21.7 Å². The van der Waals surface area contributed by atoms with E-state index < -0.39 is 11.8 Å². The first-order valence-corrected chi connectivity index (χ1v) is 7.44. The number of hydrogen-bond donors (Lipinski definition) is 3. The summed E-state index contributed by atoms with van der Waals surface area (Å²) < 4.78 is 0. The highest BCUT2D eigenvalue weighted by Crippen LogP contribution is 2.27. The third-order valence-corrected chi connectivity index (χ3v) is 4.12. The fraction of sp³-hybridized carbons (Fsp3) is 0.200. The lowest BCUT2D eigenvalue weighted by molar-refractivity contribution is 0.0999. The Morgan fingerprint density at radius 2 is 1.81 bits per heavy atom. The second-order valence-corrected chi connectivity index (χ2v) is 5.63. The van der Waals surface area contributed by atoms with Crippen LogP contribution in [0, 0.1) is 0 Å². The number of carbonyl (C=O) groups excluding carboxylic acids is 2. The highest BCUT2D eigenvalue weighted by atomic mass is 32.1. The minimum atomic E-state index is -0.592. The Kier molecular flexibility index (Phi) is 4.59. The summed E-state index contributed by atoms with van der Waals surface area (Å²) in [6.45, 7) is 2.06. The molecule has 5 N–H and O–H groups in total. The van der Waals surface area contributed by atoms with Crippen LogP contribution in [0.3, 0.4) is 0 Å². The van der Waals surface area contributed by atoms with Crippen LogP contribution in [0.5, 0.6) is 0 Å². The molecule has 2 aromatic rings. The fourth-order valence-corrected chi connectivity index (χ4v) is 2.92. The van der Waals surface area contributed by atoms with Gasteiger partial charge in [-0.2, -0.15) is 0 Å². The lowest BCUT2D eigenvalue weighted by atomic mass is 10.1. The van der Waals surface area contributed by atoms with Crippen molar-refractivity contribution in [1.82, 2.24) is 0 Å². The van der Waals surface area contributed by atoms with Crippen molar-refractivity contribution in [2.45, 2.75) is 19.4 Å². The van der Waals surface area contributed by atoms with E-state index in [1.54, 1.807) is 23.5 Å². The summed E-state index contributed by atoms with van der Waals surface area (Å²) in [5.41, 5.74) is 11.8. The molecule has 1 atom stereocenters. The third-order valence-electron chi connectivity index (χ3n) is 3.14. The van der Waals surface area contributed by atoms with Crippen LogP contribution in [0.4, 0.5) is 5.69 Å². The molecule has 1 aromatic heterocycles. The number of amides is 2. The zero-order valence-electron chi connectivity index (χ0n) is 11.6. The van der Waals surface area contributed by atoms with Crippen LogP contribution in [-0.2, 0) is 0 Å². The van der Waals surface area contributed by atoms with E-state index in [0.717, 1.165) is 6.42 Å². The molecule has 0 aliphatic carbocycles. The van der Waals surface area contributed by atoms with Crippen LogP contribution in [0.25, 0.3) is 0 Å². The van der Waals surface area contributed by atoms with Crippen molar-refractivity contribution >= 4 is 28.8 Å². The van der Waals surface area contributed by atoms with E-state index in [-0.39, 0.29) is 17.2 Å². The van der Waals surface area contributed by atoms with Crippen molar-refractivity contribution in [1.29, 1.82) is 0 Å². The summed E-state index contributed by atoms with van der Waals surface area (Å²) in [7, 11) is 0. The number of nitrogens with two attached hydrogens (primary N) is 2. The van der Waals surface area contributed by atoms with Gasteiger partial charge in [0.25, 0.3) is 0 Å². The van der Waals surface area contributed by atoms with Gasteiger partial charge in [-0.25, -0.2) is 0 Å². The van der Waals surface area contributed by atoms with E-state index >= 15 is 0 Å². The van der Waals surface area contributed by atoms with E-state index in [2.05, 4.69) is 12.2 Å². The predicted octanol–water partition coefficient (Wildman–Crippen LogP) is 2.51. The molecule has 2 rings (SSSR count). The third kappa shape index (κ3) is 3.61.